The van der Waals surface area contributed by atoms with Crippen LogP contribution in [0.1, 0.15) is 37.8 Å². The van der Waals surface area contributed by atoms with Crippen molar-refractivity contribution in [1.29, 1.82) is 0 Å². The highest BCUT2D eigenvalue weighted by molar-refractivity contribution is 5.74. The van der Waals surface area contributed by atoms with E-state index in [0.717, 1.165) is 51.4 Å². The van der Waals surface area contributed by atoms with E-state index in [0.29, 0.717) is 0 Å². The Morgan fingerprint density at radius 3 is 2.86 bits per heavy atom. The summed E-state index contributed by atoms with van der Waals surface area (Å²) in [5.41, 5.74) is 1.22. The van der Waals surface area contributed by atoms with Gasteiger partial charge in [0.2, 0.25) is 5.91 Å². The molecule has 5 nitrogen and oxygen atoms in total. The molecule has 0 radical (unpaired) electrons. The van der Waals surface area contributed by atoms with Crippen LogP contribution in [0.5, 0.6) is 0 Å². The fourth-order valence-electron chi connectivity index (χ4n) is 3.44. The van der Waals surface area contributed by atoms with Gasteiger partial charge in [-0.3, -0.25) is 4.79 Å². The van der Waals surface area contributed by atoms with Gasteiger partial charge in [-0.15, -0.1) is 0 Å². The van der Waals surface area contributed by atoms with Crippen molar-refractivity contribution in [2.45, 2.75) is 32.2 Å². The van der Waals surface area contributed by atoms with Gasteiger partial charge in [-0.1, -0.05) is 6.07 Å². The number of amides is 1. The van der Waals surface area contributed by atoms with Crippen LogP contribution in [0.2, 0.25) is 0 Å². The lowest BCUT2D eigenvalue weighted by molar-refractivity contribution is -0.132. The largest absolute Gasteiger partial charge is 0.354 e. The summed E-state index contributed by atoms with van der Waals surface area (Å²) < 4.78 is 0. The summed E-state index contributed by atoms with van der Waals surface area (Å²) in [6, 6.07) is 4.33. The molecule has 1 amide bonds. The quantitative estimate of drug-likeness (QED) is 0.897. The molecule has 0 bridgehead atoms. The third-order valence-electron chi connectivity index (χ3n) is 4.50. The number of piperazine rings is 1. The Hall–Kier alpha value is -1.62. The SMILES string of the molecule is CC(=O)N1CCCCC1c1cccnc1N1CCNCC1. The van der Waals surface area contributed by atoms with Crippen LogP contribution < -0.4 is 10.2 Å². The molecule has 2 saturated heterocycles. The maximum Gasteiger partial charge on any atom is 0.219 e. The van der Waals surface area contributed by atoms with Crippen molar-refractivity contribution >= 4 is 11.7 Å². The molecule has 0 spiro atoms. The molecule has 1 N–H and O–H groups in total. The van der Waals surface area contributed by atoms with E-state index in [1.807, 2.05) is 17.2 Å². The molecule has 0 saturated carbocycles. The molecule has 1 atom stereocenters. The van der Waals surface area contributed by atoms with Gasteiger partial charge in [0.15, 0.2) is 0 Å². The zero-order chi connectivity index (χ0) is 14.7. The van der Waals surface area contributed by atoms with Gasteiger partial charge in [0.1, 0.15) is 5.82 Å². The summed E-state index contributed by atoms with van der Waals surface area (Å²) in [4.78, 5) is 20.9. The minimum Gasteiger partial charge on any atom is -0.354 e. The topological polar surface area (TPSA) is 48.5 Å². The Balaban J connectivity index is 1.91. The monoisotopic (exact) mass is 288 g/mol. The Bertz CT molecular complexity index is 499. The van der Waals surface area contributed by atoms with Gasteiger partial charge in [-0.2, -0.15) is 0 Å². The fourth-order valence-corrected chi connectivity index (χ4v) is 3.44. The van der Waals surface area contributed by atoms with Gasteiger partial charge in [0, 0.05) is 51.4 Å². The molecule has 21 heavy (non-hydrogen) atoms. The van der Waals surface area contributed by atoms with Gasteiger partial charge in [-0.05, 0) is 25.3 Å². The van der Waals surface area contributed by atoms with Crippen LogP contribution in [-0.2, 0) is 4.79 Å². The highest BCUT2D eigenvalue weighted by Gasteiger charge is 2.29. The molecule has 5 heteroatoms. The number of rotatable bonds is 2. The van der Waals surface area contributed by atoms with Crippen molar-refractivity contribution < 1.29 is 4.79 Å². The molecule has 2 aliphatic heterocycles. The first kappa shape index (κ1) is 14.3. The van der Waals surface area contributed by atoms with E-state index < -0.39 is 0 Å². The molecule has 3 rings (SSSR count). The number of likely N-dealkylation sites (tertiary alicyclic amines) is 1. The van der Waals surface area contributed by atoms with Crippen LogP contribution >= 0.6 is 0 Å². The molecule has 2 fully saturated rings. The van der Waals surface area contributed by atoms with Crippen molar-refractivity contribution in [2.24, 2.45) is 0 Å². The third-order valence-corrected chi connectivity index (χ3v) is 4.50. The van der Waals surface area contributed by atoms with Gasteiger partial charge < -0.3 is 15.1 Å². The van der Waals surface area contributed by atoms with Crippen LogP contribution in [0.3, 0.4) is 0 Å². The molecule has 114 valence electrons. The van der Waals surface area contributed by atoms with E-state index >= 15 is 0 Å². The van der Waals surface area contributed by atoms with E-state index in [9.17, 15) is 4.79 Å². The molecule has 1 aromatic heterocycles. The number of carbonyl (C=O) groups excluding carboxylic acids is 1. The highest BCUT2D eigenvalue weighted by atomic mass is 16.2. The number of aromatic nitrogens is 1. The second-order valence-corrected chi connectivity index (χ2v) is 5.88. The number of anilines is 1. The van der Waals surface area contributed by atoms with Crippen LogP contribution in [0, 0.1) is 0 Å². The molecular weight excluding hydrogens is 264 g/mol. The lowest BCUT2D eigenvalue weighted by Gasteiger charge is -2.38. The van der Waals surface area contributed by atoms with Crippen molar-refractivity contribution in [3.05, 3.63) is 23.9 Å². The Kier molecular flexibility index (Phi) is 4.39. The predicted molar refractivity (Wildman–Crippen MR) is 83.3 cm³/mol. The molecule has 2 aliphatic rings. The first-order valence-corrected chi connectivity index (χ1v) is 7.95. The lowest BCUT2D eigenvalue weighted by atomic mass is 9.95. The number of hydrogen-bond donors (Lipinski definition) is 1. The lowest BCUT2D eigenvalue weighted by Crippen LogP contribution is -2.45. The normalized spacial score (nSPS) is 23.2. The van der Waals surface area contributed by atoms with E-state index in [1.54, 1.807) is 6.92 Å². The van der Waals surface area contributed by atoms with Crippen molar-refractivity contribution in [2.75, 3.05) is 37.6 Å². The first-order chi connectivity index (χ1) is 10.3. The first-order valence-electron chi connectivity index (χ1n) is 7.95. The van der Waals surface area contributed by atoms with Gasteiger partial charge in [0.25, 0.3) is 0 Å². The number of hydrogen-bond acceptors (Lipinski definition) is 4. The zero-order valence-corrected chi connectivity index (χ0v) is 12.7. The molecule has 3 heterocycles. The van der Waals surface area contributed by atoms with Crippen molar-refractivity contribution in [3.63, 3.8) is 0 Å². The molecule has 0 aromatic carbocycles. The summed E-state index contributed by atoms with van der Waals surface area (Å²) >= 11 is 0. The second-order valence-electron chi connectivity index (χ2n) is 5.88. The molecular formula is C16H24N4O. The van der Waals surface area contributed by atoms with Crippen LogP contribution in [-0.4, -0.2) is 48.5 Å². The summed E-state index contributed by atoms with van der Waals surface area (Å²) in [5, 5.41) is 3.38. The summed E-state index contributed by atoms with van der Waals surface area (Å²) in [6.07, 6.45) is 5.20. The number of nitrogens with one attached hydrogen (secondary N) is 1. The number of pyridine rings is 1. The molecule has 1 unspecified atom stereocenters. The van der Waals surface area contributed by atoms with Crippen molar-refractivity contribution in [1.82, 2.24) is 15.2 Å². The summed E-state index contributed by atoms with van der Waals surface area (Å²) in [7, 11) is 0. The maximum atomic E-state index is 12.0. The number of piperidine rings is 1. The number of nitrogens with zero attached hydrogens (tertiary/aromatic N) is 3. The summed E-state index contributed by atoms with van der Waals surface area (Å²) in [6.45, 7) is 6.51. The van der Waals surface area contributed by atoms with Gasteiger partial charge in [0.05, 0.1) is 6.04 Å². The van der Waals surface area contributed by atoms with E-state index in [1.165, 1.54) is 12.0 Å². The van der Waals surface area contributed by atoms with E-state index in [2.05, 4.69) is 21.3 Å². The average molecular weight is 288 g/mol. The van der Waals surface area contributed by atoms with E-state index in [-0.39, 0.29) is 11.9 Å². The van der Waals surface area contributed by atoms with Gasteiger partial charge in [-0.25, -0.2) is 4.98 Å². The van der Waals surface area contributed by atoms with E-state index in [4.69, 9.17) is 0 Å². The molecule has 0 aliphatic carbocycles. The summed E-state index contributed by atoms with van der Waals surface area (Å²) in [5.74, 6) is 1.24. The van der Waals surface area contributed by atoms with Gasteiger partial charge >= 0.3 is 0 Å². The smallest absolute Gasteiger partial charge is 0.219 e. The predicted octanol–water partition coefficient (Wildman–Crippen LogP) is 1.56. The van der Waals surface area contributed by atoms with Crippen LogP contribution in [0.25, 0.3) is 0 Å². The molecule has 1 aromatic rings. The van der Waals surface area contributed by atoms with Crippen LogP contribution in [0.4, 0.5) is 5.82 Å². The van der Waals surface area contributed by atoms with Crippen molar-refractivity contribution in [3.8, 4) is 0 Å². The maximum absolute atomic E-state index is 12.0. The average Bonchev–Trinajstić information content (AvgIpc) is 2.55. The standard InChI is InChI=1S/C16H24N4O/c1-13(21)20-10-3-2-6-15(20)14-5-4-7-18-16(14)19-11-8-17-9-12-19/h4-5,7,15,17H,2-3,6,8-12H2,1H3. The Morgan fingerprint density at radius 1 is 1.29 bits per heavy atom. The van der Waals surface area contributed by atoms with Crippen LogP contribution in [0.15, 0.2) is 18.3 Å². The minimum absolute atomic E-state index is 0.176. The zero-order valence-electron chi connectivity index (χ0n) is 12.7. The second kappa shape index (κ2) is 6.43. The minimum atomic E-state index is 0.176. The number of carbonyl (C=O) groups is 1. The Morgan fingerprint density at radius 2 is 2.10 bits per heavy atom. The highest BCUT2D eigenvalue weighted by Crippen LogP contribution is 2.35. The fraction of sp³-hybridized carbons (Fsp3) is 0.625. The third kappa shape index (κ3) is 3.02. The Labute approximate surface area is 126 Å².